The Hall–Kier alpha value is -4.26. The molecule has 0 saturated carbocycles. The third kappa shape index (κ3) is 3.55. The summed E-state index contributed by atoms with van der Waals surface area (Å²) >= 11 is 0. The van der Waals surface area contributed by atoms with Crippen LogP contribution in [0.15, 0.2) is 63.8 Å². The van der Waals surface area contributed by atoms with Gasteiger partial charge in [0.25, 0.3) is 0 Å². The molecule has 34 heavy (non-hydrogen) atoms. The Bertz CT molecular complexity index is 1500. The summed E-state index contributed by atoms with van der Waals surface area (Å²) in [7, 11) is 0. The van der Waals surface area contributed by atoms with Crippen LogP contribution in [0, 0.1) is 13.8 Å². The Balaban J connectivity index is 1.69. The Labute approximate surface area is 195 Å². The van der Waals surface area contributed by atoms with Gasteiger partial charge in [0.15, 0.2) is 16.9 Å². The number of carboxylic acids is 1. The van der Waals surface area contributed by atoms with Crippen LogP contribution in [-0.2, 0) is 0 Å². The molecule has 0 amide bonds. The molecule has 1 unspecified atom stereocenters. The molecule has 5 rings (SSSR count). The SMILES string of the molecule is Cc1cc(C(C)Nc2ccccc2C(=O)O)c2oc(-c3cccc4c3OCO4)c(C)c(=O)c2c1. The quantitative estimate of drug-likeness (QED) is 0.398. The van der Waals surface area contributed by atoms with E-state index in [9.17, 15) is 14.7 Å². The third-order valence-corrected chi connectivity index (χ3v) is 6.03. The lowest BCUT2D eigenvalue weighted by Crippen LogP contribution is -2.14. The van der Waals surface area contributed by atoms with Gasteiger partial charge in [0.2, 0.25) is 6.79 Å². The van der Waals surface area contributed by atoms with Gasteiger partial charge in [-0.25, -0.2) is 4.79 Å². The van der Waals surface area contributed by atoms with Crippen LogP contribution in [-0.4, -0.2) is 17.9 Å². The number of aromatic carboxylic acids is 1. The lowest BCUT2D eigenvalue weighted by molar-refractivity contribution is 0.0698. The van der Waals surface area contributed by atoms with Gasteiger partial charge in [0.05, 0.1) is 22.6 Å². The summed E-state index contributed by atoms with van der Waals surface area (Å²) in [5, 5.41) is 13.3. The van der Waals surface area contributed by atoms with Crippen molar-refractivity contribution in [3.05, 3.63) is 87.1 Å². The number of ether oxygens (including phenoxy) is 2. The lowest BCUT2D eigenvalue weighted by Gasteiger charge is -2.20. The summed E-state index contributed by atoms with van der Waals surface area (Å²) in [4.78, 5) is 25.1. The molecular formula is C27H23NO6. The smallest absolute Gasteiger partial charge is 0.337 e. The highest BCUT2D eigenvalue weighted by Crippen LogP contribution is 2.43. The van der Waals surface area contributed by atoms with E-state index in [1.54, 1.807) is 37.3 Å². The molecule has 2 heterocycles. The van der Waals surface area contributed by atoms with Crippen LogP contribution in [0.2, 0.25) is 0 Å². The molecule has 172 valence electrons. The minimum absolute atomic E-state index is 0.109. The number of nitrogens with one attached hydrogen (secondary N) is 1. The number of carboxylic acid groups (broad SMARTS) is 1. The number of hydrogen-bond acceptors (Lipinski definition) is 6. The monoisotopic (exact) mass is 457 g/mol. The molecule has 2 N–H and O–H groups in total. The van der Waals surface area contributed by atoms with Gasteiger partial charge in [0.1, 0.15) is 11.3 Å². The Morgan fingerprint density at radius 1 is 1.06 bits per heavy atom. The first-order valence-corrected chi connectivity index (χ1v) is 10.9. The summed E-state index contributed by atoms with van der Waals surface area (Å²) in [5.41, 5.74) is 3.74. The maximum atomic E-state index is 13.4. The predicted molar refractivity (Wildman–Crippen MR) is 129 cm³/mol. The second-order valence-electron chi connectivity index (χ2n) is 8.37. The molecule has 1 aliphatic rings. The molecule has 1 atom stereocenters. The van der Waals surface area contributed by atoms with E-state index in [0.717, 1.165) is 11.1 Å². The van der Waals surface area contributed by atoms with Crippen molar-refractivity contribution >= 4 is 22.6 Å². The van der Waals surface area contributed by atoms with Crippen molar-refractivity contribution in [2.24, 2.45) is 0 Å². The predicted octanol–water partition coefficient (Wildman–Crippen LogP) is 5.68. The first-order chi connectivity index (χ1) is 16.3. The van der Waals surface area contributed by atoms with E-state index in [4.69, 9.17) is 13.9 Å². The average Bonchev–Trinajstić information content (AvgIpc) is 3.30. The average molecular weight is 457 g/mol. The molecule has 0 spiro atoms. The van der Waals surface area contributed by atoms with Crippen molar-refractivity contribution in [2.45, 2.75) is 26.8 Å². The highest BCUT2D eigenvalue weighted by molar-refractivity contribution is 5.94. The number of benzene rings is 3. The van der Waals surface area contributed by atoms with Crippen molar-refractivity contribution in [1.29, 1.82) is 0 Å². The zero-order chi connectivity index (χ0) is 24.0. The van der Waals surface area contributed by atoms with Crippen LogP contribution in [0.25, 0.3) is 22.3 Å². The van der Waals surface area contributed by atoms with Crippen molar-refractivity contribution < 1.29 is 23.8 Å². The summed E-state index contributed by atoms with van der Waals surface area (Å²) in [6.45, 7) is 5.67. The Morgan fingerprint density at radius 3 is 2.65 bits per heavy atom. The highest BCUT2D eigenvalue weighted by atomic mass is 16.7. The largest absolute Gasteiger partial charge is 0.478 e. The molecule has 4 aromatic rings. The van der Waals surface area contributed by atoms with E-state index >= 15 is 0 Å². The minimum atomic E-state index is -1.02. The molecular weight excluding hydrogens is 434 g/mol. The van der Waals surface area contributed by atoms with Gasteiger partial charge < -0.3 is 24.3 Å². The van der Waals surface area contributed by atoms with Gasteiger partial charge >= 0.3 is 5.97 Å². The van der Waals surface area contributed by atoms with Gasteiger partial charge in [-0.15, -0.1) is 0 Å². The van der Waals surface area contributed by atoms with Crippen LogP contribution in [0.1, 0.15) is 40.0 Å². The van der Waals surface area contributed by atoms with Crippen LogP contribution in [0.5, 0.6) is 11.5 Å². The fraction of sp³-hybridized carbons (Fsp3) is 0.185. The molecule has 0 saturated heterocycles. The van der Waals surface area contributed by atoms with Crippen LogP contribution < -0.4 is 20.2 Å². The van der Waals surface area contributed by atoms with E-state index in [1.165, 1.54) is 0 Å². The molecule has 7 nitrogen and oxygen atoms in total. The van der Waals surface area contributed by atoms with Crippen molar-refractivity contribution in [3.8, 4) is 22.8 Å². The van der Waals surface area contributed by atoms with Crippen molar-refractivity contribution in [2.75, 3.05) is 12.1 Å². The third-order valence-electron chi connectivity index (χ3n) is 6.03. The second kappa shape index (κ2) is 8.26. The molecule has 0 fully saturated rings. The van der Waals surface area contributed by atoms with E-state index in [0.29, 0.717) is 45.0 Å². The molecule has 0 radical (unpaired) electrons. The molecule has 0 aliphatic carbocycles. The first kappa shape index (κ1) is 21.6. The second-order valence-corrected chi connectivity index (χ2v) is 8.37. The zero-order valence-corrected chi connectivity index (χ0v) is 19.0. The lowest BCUT2D eigenvalue weighted by atomic mass is 9.98. The standard InChI is InChI=1S/C27H23NO6/c1-14-11-19(16(3)28-21-9-5-4-7-17(21)27(30)31)25-20(12-14)23(29)15(2)24(34-25)18-8-6-10-22-26(18)33-13-32-22/h4-12,16,28H,13H2,1-3H3,(H,30,31). The maximum Gasteiger partial charge on any atom is 0.337 e. The maximum absolute atomic E-state index is 13.4. The first-order valence-electron chi connectivity index (χ1n) is 10.9. The zero-order valence-electron chi connectivity index (χ0n) is 19.0. The summed E-state index contributed by atoms with van der Waals surface area (Å²) in [6, 6.07) is 15.6. The van der Waals surface area contributed by atoms with E-state index in [1.807, 2.05) is 38.1 Å². The summed E-state index contributed by atoms with van der Waals surface area (Å²) in [5.74, 6) is 0.546. The number of carbonyl (C=O) groups is 1. The van der Waals surface area contributed by atoms with E-state index in [-0.39, 0.29) is 23.8 Å². The van der Waals surface area contributed by atoms with Gasteiger partial charge in [0, 0.05) is 16.8 Å². The van der Waals surface area contributed by atoms with E-state index in [2.05, 4.69) is 5.32 Å². The molecule has 1 aromatic heterocycles. The highest BCUT2D eigenvalue weighted by Gasteiger charge is 2.24. The summed E-state index contributed by atoms with van der Waals surface area (Å²) in [6.07, 6.45) is 0. The fourth-order valence-corrected chi connectivity index (χ4v) is 4.36. The Morgan fingerprint density at radius 2 is 1.85 bits per heavy atom. The molecule has 1 aliphatic heterocycles. The van der Waals surface area contributed by atoms with Gasteiger partial charge in [-0.1, -0.05) is 24.3 Å². The van der Waals surface area contributed by atoms with E-state index < -0.39 is 5.97 Å². The number of anilines is 1. The van der Waals surface area contributed by atoms with Crippen LogP contribution in [0.4, 0.5) is 5.69 Å². The molecule has 3 aromatic carbocycles. The van der Waals surface area contributed by atoms with Crippen LogP contribution >= 0.6 is 0 Å². The van der Waals surface area contributed by atoms with Gasteiger partial charge in [-0.05, 0) is 56.7 Å². The number of rotatable bonds is 5. The minimum Gasteiger partial charge on any atom is -0.478 e. The van der Waals surface area contributed by atoms with Crippen LogP contribution in [0.3, 0.4) is 0 Å². The Kier molecular flexibility index (Phi) is 5.24. The number of fused-ring (bicyclic) bond motifs is 2. The molecule has 0 bridgehead atoms. The number of hydrogen-bond donors (Lipinski definition) is 2. The van der Waals surface area contributed by atoms with Crippen molar-refractivity contribution in [3.63, 3.8) is 0 Å². The van der Waals surface area contributed by atoms with Crippen molar-refractivity contribution in [1.82, 2.24) is 0 Å². The van der Waals surface area contributed by atoms with Gasteiger partial charge in [-0.3, -0.25) is 4.79 Å². The normalized spacial score (nSPS) is 13.1. The fourth-order valence-electron chi connectivity index (χ4n) is 4.36. The molecule has 7 heteroatoms. The number of aryl methyl sites for hydroxylation is 1. The number of para-hydroxylation sites is 2. The topological polar surface area (TPSA) is 98.0 Å². The van der Waals surface area contributed by atoms with Gasteiger partial charge in [-0.2, -0.15) is 0 Å². The summed E-state index contributed by atoms with van der Waals surface area (Å²) < 4.78 is 17.6.